The Morgan fingerprint density at radius 1 is 1.57 bits per heavy atom. The number of aromatic nitrogens is 2. The predicted molar refractivity (Wildman–Crippen MR) is 39.6 cm³/mol. The van der Waals surface area contributed by atoms with E-state index in [1.165, 1.54) is 6.20 Å². The summed E-state index contributed by atoms with van der Waals surface area (Å²) in [5.74, 6) is -1.50. The van der Waals surface area contributed by atoms with Gasteiger partial charge in [-0.1, -0.05) is 0 Å². The van der Waals surface area contributed by atoms with E-state index in [1.54, 1.807) is 0 Å². The highest BCUT2D eigenvalue weighted by atomic mass is 19.4. The summed E-state index contributed by atoms with van der Waals surface area (Å²) >= 11 is 0. The molecular formula is C7H7F3N2O2. The average Bonchev–Trinajstić information content (AvgIpc) is 2.49. The highest BCUT2D eigenvalue weighted by Gasteiger charge is 2.42. The maximum atomic E-state index is 12.3. The molecule has 0 saturated heterocycles. The molecule has 0 spiro atoms. The van der Waals surface area contributed by atoms with E-state index in [-0.39, 0.29) is 0 Å². The summed E-state index contributed by atoms with van der Waals surface area (Å²) in [4.78, 5) is 13.7. The standard InChI is InChI=1S/C7H7F3N2O2/c8-7(9,10)5(3-6(13)14)12-2-1-11-4-12/h1-2,4-5H,3H2,(H,13,14)/t5-/m0/s1. The number of imidazole rings is 1. The third-order valence-electron chi connectivity index (χ3n) is 1.63. The molecule has 0 aliphatic rings. The van der Waals surface area contributed by atoms with Crippen molar-refractivity contribution in [3.63, 3.8) is 0 Å². The van der Waals surface area contributed by atoms with Crippen LogP contribution in [0.15, 0.2) is 18.7 Å². The molecule has 1 rings (SSSR count). The molecule has 14 heavy (non-hydrogen) atoms. The third-order valence-corrected chi connectivity index (χ3v) is 1.63. The van der Waals surface area contributed by atoms with Crippen molar-refractivity contribution in [3.05, 3.63) is 18.7 Å². The summed E-state index contributed by atoms with van der Waals surface area (Å²) in [6, 6.07) is -2.05. The Balaban J connectivity index is 2.89. The molecule has 1 atom stereocenters. The molecule has 0 aromatic carbocycles. The van der Waals surface area contributed by atoms with E-state index >= 15 is 0 Å². The summed E-state index contributed by atoms with van der Waals surface area (Å²) in [7, 11) is 0. The van der Waals surface area contributed by atoms with Crippen molar-refractivity contribution in [1.82, 2.24) is 9.55 Å². The minimum absolute atomic E-state index is 0.730. The van der Waals surface area contributed by atoms with Crippen LogP contribution in [0, 0.1) is 0 Å². The third kappa shape index (κ3) is 2.48. The number of hydrogen-bond acceptors (Lipinski definition) is 2. The molecule has 0 amide bonds. The van der Waals surface area contributed by atoms with Gasteiger partial charge in [0.1, 0.15) is 6.04 Å². The van der Waals surface area contributed by atoms with Gasteiger partial charge in [-0.05, 0) is 0 Å². The smallest absolute Gasteiger partial charge is 0.409 e. The first-order chi connectivity index (χ1) is 6.41. The van der Waals surface area contributed by atoms with Crippen molar-refractivity contribution in [3.8, 4) is 0 Å². The van der Waals surface area contributed by atoms with Gasteiger partial charge < -0.3 is 9.67 Å². The fourth-order valence-electron chi connectivity index (χ4n) is 1.01. The first kappa shape index (κ1) is 10.6. The lowest BCUT2D eigenvalue weighted by Gasteiger charge is -2.19. The van der Waals surface area contributed by atoms with Gasteiger partial charge in [-0.2, -0.15) is 13.2 Å². The van der Waals surface area contributed by atoms with E-state index in [9.17, 15) is 18.0 Å². The van der Waals surface area contributed by atoms with Gasteiger partial charge in [0.25, 0.3) is 0 Å². The minimum Gasteiger partial charge on any atom is -0.481 e. The van der Waals surface area contributed by atoms with Crippen LogP contribution in [0.4, 0.5) is 13.2 Å². The zero-order valence-electron chi connectivity index (χ0n) is 6.90. The van der Waals surface area contributed by atoms with E-state index in [0.29, 0.717) is 0 Å². The topological polar surface area (TPSA) is 55.1 Å². The molecule has 0 bridgehead atoms. The Bertz CT molecular complexity index is 307. The molecule has 1 N–H and O–H groups in total. The lowest BCUT2D eigenvalue weighted by atomic mass is 10.2. The summed E-state index contributed by atoms with van der Waals surface area (Å²) in [6.07, 6.45) is -2.39. The highest BCUT2D eigenvalue weighted by molar-refractivity contribution is 5.67. The quantitative estimate of drug-likeness (QED) is 0.818. The summed E-state index contributed by atoms with van der Waals surface area (Å²) in [6.45, 7) is 0. The van der Waals surface area contributed by atoms with Crippen LogP contribution in [-0.2, 0) is 4.79 Å². The number of carbonyl (C=O) groups is 1. The van der Waals surface area contributed by atoms with E-state index in [1.807, 2.05) is 0 Å². The number of alkyl halides is 3. The van der Waals surface area contributed by atoms with Crippen LogP contribution in [0.1, 0.15) is 12.5 Å². The molecule has 7 heteroatoms. The Hall–Kier alpha value is -1.53. The maximum absolute atomic E-state index is 12.3. The lowest BCUT2D eigenvalue weighted by molar-refractivity contribution is -0.177. The lowest BCUT2D eigenvalue weighted by Crippen LogP contribution is -2.28. The first-order valence-corrected chi connectivity index (χ1v) is 3.67. The first-order valence-electron chi connectivity index (χ1n) is 3.67. The van der Waals surface area contributed by atoms with Crippen LogP contribution >= 0.6 is 0 Å². The minimum atomic E-state index is -4.58. The SMILES string of the molecule is O=C(O)C[C@H](n1ccnc1)C(F)(F)F. The van der Waals surface area contributed by atoms with Crippen molar-refractivity contribution in [2.24, 2.45) is 0 Å². The molecule has 1 heterocycles. The van der Waals surface area contributed by atoms with Gasteiger partial charge in [0.2, 0.25) is 0 Å². The molecule has 4 nitrogen and oxygen atoms in total. The second kappa shape index (κ2) is 3.69. The summed E-state index contributed by atoms with van der Waals surface area (Å²) in [5.41, 5.74) is 0. The fraction of sp³-hybridized carbons (Fsp3) is 0.429. The summed E-state index contributed by atoms with van der Waals surface area (Å²) < 4.78 is 37.7. The van der Waals surface area contributed by atoms with Gasteiger partial charge in [0, 0.05) is 12.4 Å². The average molecular weight is 208 g/mol. The van der Waals surface area contributed by atoms with Crippen molar-refractivity contribution in [1.29, 1.82) is 0 Å². The molecule has 1 aromatic heterocycles. The van der Waals surface area contributed by atoms with Crippen LogP contribution in [0.25, 0.3) is 0 Å². The highest BCUT2D eigenvalue weighted by Crippen LogP contribution is 2.32. The van der Waals surface area contributed by atoms with Crippen molar-refractivity contribution < 1.29 is 23.1 Å². The Labute approximate surface area is 77.0 Å². The van der Waals surface area contributed by atoms with Gasteiger partial charge in [-0.3, -0.25) is 4.79 Å². The zero-order chi connectivity index (χ0) is 10.8. The van der Waals surface area contributed by atoms with Crippen molar-refractivity contribution in [2.45, 2.75) is 18.6 Å². The van der Waals surface area contributed by atoms with Crippen LogP contribution in [-0.4, -0.2) is 26.8 Å². The Kier molecular flexibility index (Phi) is 2.78. The van der Waals surface area contributed by atoms with Crippen LogP contribution < -0.4 is 0 Å². The van der Waals surface area contributed by atoms with Crippen molar-refractivity contribution >= 4 is 5.97 Å². The number of carboxylic acids is 1. The van der Waals surface area contributed by atoms with Crippen LogP contribution in [0.5, 0.6) is 0 Å². The van der Waals surface area contributed by atoms with E-state index in [2.05, 4.69) is 4.98 Å². The van der Waals surface area contributed by atoms with Crippen LogP contribution in [0.3, 0.4) is 0 Å². The van der Waals surface area contributed by atoms with Crippen LogP contribution in [0.2, 0.25) is 0 Å². The molecule has 0 aliphatic heterocycles. The van der Waals surface area contributed by atoms with Gasteiger partial charge in [-0.15, -0.1) is 0 Å². The number of carboxylic acid groups (broad SMARTS) is 1. The Morgan fingerprint density at radius 3 is 2.57 bits per heavy atom. The summed E-state index contributed by atoms with van der Waals surface area (Å²) in [5, 5.41) is 8.31. The van der Waals surface area contributed by atoms with Gasteiger partial charge in [0.15, 0.2) is 0 Å². The molecule has 78 valence electrons. The van der Waals surface area contributed by atoms with E-state index < -0.39 is 24.6 Å². The number of rotatable bonds is 3. The van der Waals surface area contributed by atoms with Gasteiger partial charge in [0.05, 0.1) is 12.7 Å². The number of aliphatic carboxylic acids is 1. The fourth-order valence-corrected chi connectivity index (χ4v) is 1.01. The van der Waals surface area contributed by atoms with Gasteiger partial charge in [-0.25, -0.2) is 4.98 Å². The van der Waals surface area contributed by atoms with E-state index in [4.69, 9.17) is 5.11 Å². The Morgan fingerprint density at radius 2 is 2.21 bits per heavy atom. The van der Waals surface area contributed by atoms with Crippen molar-refractivity contribution in [2.75, 3.05) is 0 Å². The number of nitrogens with zero attached hydrogens (tertiary/aromatic N) is 2. The molecule has 0 saturated carbocycles. The second-order valence-electron chi connectivity index (χ2n) is 2.67. The molecule has 0 unspecified atom stereocenters. The largest absolute Gasteiger partial charge is 0.481 e. The maximum Gasteiger partial charge on any atom is 0.409 e. The monoisotopic (exact) mass is 208 g/mol. The zero-order valence-corrected chi connectivity index (χ0v) is 6.90. The molecular weight excluding hydrogens is 201 g/mol. The number of halogens is 3. The van der Waals surface area contributed by atoms with Gasteiger partial charge >= 0.3 is 12.1 Å². The molecule has 0 aliphatic carbocycles. The number of hydrogen-bond donors (Lipinski definition) is 1. The normalized spacial score (nSPS) is 13.9. The second-order valence-corrected chi connectivity index (χ2v) is 2.67. The molecule has 0 fully saturated rings. The molecule has 0 radical (unpaired) electrons. The predicted octanol–water partition coefficient (Wildman–Crippen LogP) is 1.46. The molecule has 1 aromatic rings. The van der Waals surface area contributed by atoms with E-state index in [0.717, 1.165) is 17.1 Å².